The molecule has 0 amide bonds. The zero-order chi connectivity index (χ0) is 18.9. The summed E-state index contributed by atoms with van der Waals surface area (Å²) in [7, 11) is -4.40. The van der Waals surface area contributed by atoms with Crippen molar-refractivity contribution < 1.29 is 17.2 Å². The second kappa shape index (κ2) is 7.18. The Balaban J connectivity index is 1.83. The van der Waals surface area contributed by atoms with Gasteiger partial charge in [0.15, 0.2) is 0 Å². The van der Waals surface area contributed by atoms with Crippen molar-refractivity contribution in [2.75, 3.05) is 4.72 Å². The van der Waals surface area contributed by atoms with Crippen molar-refractivity contribution in [2.24, 2.45) is 0 Å². The highest BCUT2D eigenvalue weighted by molar-refractivity contribution is 7.92. The van der Waals surface area contributed by atoms with E-state index < -0.39 is 26.6 Å². The molecule has 0 aliphatic heterocycles. The molecule has 6 nitrogen and oxygen atoms in total. The molecule has 0 atom stereocenters. The molecule has 11 heteroatoms. The first kappa shape index (κ1) is 18.6. The first-order valence-corrected chi connectivity index (χ1v) is 9.30. The lowest BCUT2D eigenvalue weighted by Crippen LogP contribution is -2.16. The standard InChI is InChI=1S/C15H10Cl2F2N4O2S/c16-11-2-1-3-12(17)10(11)7-23-8-20-15(21-23)22-26(24,25)14-6-9(18)4-5-13(14)19/h1-6,8H,7H2,(H,21,22). The van der Waals surface area contributed by atoms with E-state index in [-0.39, 0.29) is 12.5 Å². The molecule has 0 saturated carbocycles. The van der Waals surface area contributed by atoms with E-state index >= 15 is 0 Å². The van der Waals surface area contributed by atoms with Gasteiger partial charge in [-0.2, -0.15) is 4.98 Å². The smallest absolute Gasteiger partial charge is 0.246 e. The molecule has 0 spiro atoms. The average Bonchev–Trinajstić information content (AvgIpc) is 2.99. The van der Waals surface area contributed by atoms with E-state index in [0.717, 1.165) is 12.1 Å². The first-order valence-electron chi connectivity index (χ1n) is 7.06. The number of hydrogen-bond acceptors (Lipinski definition) is 4. The number of nitrogens with zero attached hydrogens (tertiary/aromatic N) is 3. The molecule has 2 aromatic carbocycles. The van der Waals surface area contributed by atoms with Gasteiger partial charge in [0.25, 0.3) is 16.0 Å². The molecule has 3 aromatic rings. The molecule has 0 fully saturated rings. The van der Waals surface area contributed by atoms with Crippen molar-refractivity contribution in [1.29, 1.82) is 0 Å². The Labute approximate surface area is 157 Å². The quantitative estimate of drug-likeness (QED) is 0.684. The Hall–Kier alpha value is -2.23. The normalized spacial score (nSPS) is 11.5. The molecule has 0 aliphatic carbocycles. The Bertz CT molecular complexity index is 1050. The van der Waals surface area contributed by atoms with Gasteiger partial charge in [0, 0.05) is 15.6 Å². The minimum atomic E-state index is -4.40. The van der Waals surface area contributed by atoms with E-state index in [1.165, 1.54) is 11.0 Å². The fraction of sp³-hybridized carbons (Fsp3) is 0.0667. The number of sulfonamides is 1. The van der Waals surface area contributed by atoms with Gasteiger partial charge in [0.05, 0.1) is 6.54 Å². The van der Waals surface area contributed by atoms with Crippen LogP contribution in [0, 0.1) is 11.6 Å². The van der Waals surface area contributed by atoms with Gasteiger partial charge in [-0.15, -0.1) is 5.10 Å². The van der Waals surface area contributed by atoms with Crippen LogP contribution >= 0.6 is 23.2 Å². The molecule has 0 saturated heterocycles. The van der Waals surface area contributed by atoms with E-state index in [2.05, 4.69) is 10.1 Å². The topological polar surface area (TPSA) is 76.9 Å². The highest BCUT2D eigenvalue weighted by Gasteiger charge is 2.22. The van der Waals surface area contributed by atoms with Crippen molar-refractivity contribution in [2.45, 2.75) is 11.4 Å². The highest BCUT2D eigenvalue weighted by atomic mass is 35.5. The molecule has 0 radical (unpaired) electrons. The number of benzene rings is 2. The minimum Gasteiger partial charge on any atom is -0.246 e. The van der Waals surface area contributed by atoms with Crippen molar-refractivity contribution in [3.8, 4) is 0 Å². The van der Waals surface area contributed by atoms with Gasteiger partial charge in [0.2, 0.25) is 0 Å². The number of hydrogen-bond donors (Lipinski definition) is 1. The summed E-state index contributed by atoms with van der Waals surface area (Å²) < 4.78 is 54.6. The fourth-order valence-electron chi connectivity index (χ4n) is 2.12. The number of aromatic nitrogens is 3. The lowest BCUT2D eigenvalue weighted by molar-refractivity contribution is 0.555. The van der Waals surface area contributed by atoms with Gasteiger partial charge < -0.3 is 0 Å². The second-order valence-corrected chi connectivity index (χ2v) is 7.61. The molecule has 1 heterocycles. The Morgan fingerprint density at radius 1 is 1.12 bits per heavy atom. The number of halogens is 4. The molecule has 136 valence electrons. The van der Waals surface area contributed by atoms with Crippen LogP contribution in [0.2, 0.25) is 10.0 Å². The summed E-state index contributed by atoms with van der Waals surface area (Å²) in [4.78, 5) is 2.95. The molecule has 1 aromatic heterocycles. The summed E-state index contributed by atoms with van der Waals surface area (Å²) in [5, 5.41) is 4.76. The van der Waals surface area contributed by atoms with Crippen LogP contribution in [0.3, 0.4) is 0 Å². The third-order valence-electron chi connectivity index (χ3n) is 3.33. The van der Waals surface area contributed by atoms with Crippen LogP contribution in [0.25, 0.3) is 0 Å². The van der Waals surface area contributed by atoms with Gasteiger partial charge in [-0.25, -0.2) is 26.6 Å². The van der Waals surface area contributed by atoms with Crippen LogP contribution < -0.4 is 4.72 Å². The van der Waals surface area contributed by atoms with Crippen LogP contribution in [0.5, 0.6) is 0 Å². The number of rotatable bonds is 5. The van der Waals surface area contributed by atoms with Crippen molar-refractivity contribution in [3.63, 3.8) is 0 Å². The first-order chi connectivity index (χ1) is 12.3. The number of anilines is 1. The summed E-state index contributed by atoms with van der Waals surface area (Å²) in [6.45, 7) is 0.140. The molecule has 0 bridgehead atoms. The van der Waals surface area contributed by atoms with E-state index in [4.69, 9.17) is 23.2 Å². The zero-order valence-corrected chi connectivity index (χ0v) is 15.2. The monoisotopic (exact) mass is 418 g/mol. The van der Waals surface area contributed by atoms with Crippen LogP contribution in [-0.2, 0) is 16.6 Å². The molecule has 3 rings (SSSR count). The van der Waals surface area contributed by atoms with Crippen LogP contribution in [0.1, 0.15) is 5.56 Å². The summed E-state index contributed by atoms with van der Waals surface area (Å²) in [6.07, 6.45) is 1.25. The largest absolute Gasteiger partial charge is 0.267 e. The van der Waals surface area contributed by atoms with E-state index in [1.54, 1.807) is 18.2 Å². The van der Waals surface area contributed by atoms with Gasteiger partial charge in [-0.3, -0.25) is 0 Å². The van der Waals surface area contributed by atoms with Gasteiger partial charge >= 0.3 is 0 Å². The summed E-state index contributed by atoms with van der Waals surface area (Å²) in [5.41, 5.74) is 0.575. The molecule has 0 unspecified atom stereocenters. The summed E-state index contributed by atoms with van der Waals surface area (Å²) >= 11 is 12.1. The predicted molar refractivity (Wildman–Crippen MR) is 92.8 cm³/mol. The van der Waals surface area contributed by atoms with Crippen molar-refractivity contribution in [1.82, 2.24) is 14.8 Å². The average molecular weight is 419 g/mol. The predicted octanol–water partition coefficient (Wildman–Crippen LogP) is 3.71. The lowest BCUT2D eigenvalue weighted by atomic mass is 10.2. The van der Waals surface area contributed by atoms with Gasteiger partial charge in [-0.05, 0) is 30.3 Å². The maximum Gasteiger partial charge on any atom is 0.267 e. The van der Waals surface area contributed by atoms with E-state index in [1.807, 2.05) is 4.72 Å². The van der Waals surface area contributed by atoms with E-state index in [0.29, 0.717) is 21.7 Å². The van der Waals surface area contributed by atoms with Crippen molar-refractivity contribution in [3.05, 3.63) is 70.0 Å². The molecule has 26 heavy (non-hydrogen) atoms. The summed E-state index contributed by atoms with van der Waals surface area (Å²) in [5.74, 6) is -2.29. The summed E-state index contributed by atoms with van der Waals surface area (Å²) in [6, 6.07) is 7.08. The maximum absolute atomic E-state index is 13.7. The Morgan fingerprint density at radius 3 is 2.50 bits per heavy atom. The van der Waals surface area contributed by atoms with Gasteiger partial charge in [0.1, 0.15) is 22.9 Å². The Kier molecular flexibility index (Phi) is 5.12. The second-order valence-electron chi connectivity index (χ2n) is 5.15. The van der Waals surface area contributed by atoms with Crippen LogP contribution in [0.15, 0.2) is 47.6 Å². The molecular formula is C15H10Cl2F2N4O2S. The maximum atomic E-state index is 13.7. The molecule has 0 aliphatic rings. The minimum absolute atomic E-state index is 0.140. The highest BCUT2D eigenvalue weighted by Crippen LogP contribution is 2.25. The fourth-order valence-corrected chi connectivity index (χ4v) is 3.67. The number of nitrogens with one attached hydrogen (secondary N) is 1. The van der Waals surface area contributed by atoms with Crippen LogP contribution in [0.4, 0.5) is 14.7 Å². The molecular weight excluding hydrogens is 409 g/mol. The SMILES string of the molecule is O=S(=O)(Nc1ncn(Cc2c(Cl)cccc2Cl)n1)c1cc(F)ccc1F. The van der Waals surface area contributed by atoms with Crippen molar-refractivity contribution >= 4 is 39.2 Å². The van der Waals surface area contributed by atoms with E-state index in [9.17, 15) is 17.2 Å². The van der Waals surface area contributed by atoms with Gasteiger partial charge in [-0.1, -0.05) is 29.3 Å². The molecule has 1 N–H and O–H groups in total. The van der Waals surface area contributed by atoms with Crippen LogP contribution in [-0.4, -0.2) is 23.2 Å². The third kappa shape index (κ3) is 3.95. The lowest BCUT2D eigenvalue weighted by Gasteiger charge is -2.07. The Morgan fingerprint density at radius 2 is 1.81 bits per heavy atom. The zero-order valence-electron chi connectivity index (χ0n) is 12.8. The third-order valence-corrected chi connectivity index (χ3v) is 5.38.